The fraction of sp³-hybridized carbons (Fsp3) is 0.130. The third-order valence-corrected chi connectivity index (χ3v) is 11.6. The van der Waals surface area contributed by atoms with Gasteiger partial charge in [-0.05, 0) is 53.6 Å². The monoisotopic (exact) mass is 970 g/mol. The maximum atomic E-state index is 11.4. The lowest BCUT2D eigenvalue weighted by Crippen LogP contribution is -2.03. The van der Waals surface area contributed by atoms with Crippen molar-refractivity contribution in [2.75, 3.05) is 59.0 Å². The number of nitrogens with one attached hydrogen (secondary N) is 2. The van der Waals surface area contributed by atoms with Crippen LogP contribution in [0.1, 0.15) is 0 Å². The zero-order valence-corrected chi connectivity index (χ0v) is 38.9. The predicted octanol–water partition coefficient (Wildman–Crippen LogP) is 12.2. The summed E-state index contributed by atoms with van der Waals surface area (Å²) >= 11 is 26.2. The molecule has 0 amide bonds. The maximum absolute atomic E-state index is 11.4. The number of anilines is 5. The molecule has 0 fully saturated rings. The van der Waals surface area contributed by atoms with Gasteiger partial charge in [-0.25, -0.2) is 19.9 Å². The molecule has 16 nitrogen and oxygen atoms in total. The summed E-state index contributed by atoms with van der Waals surface area (Å²) < 4.78 is 32.1. The number of halogens is 4. The average Bonchev–Trinajstić information content (AvgIpc) is 3.32. The number of para-hydroxylation sites is 2. The zero-order chi connectivity index (χ0) is 47.2. The van der Waals surface area contributed by atoms with Crippen LogP contribution < -0.4 is 44.8 Å². The Bertz CT molecular complexity index is 3090. The van der Waals surface area contributed by atoms with Crippen LogP contribution in [0.25, 0.3) is 44.1 Å². The van der Waals surface area contributed by atoms with Crippen LogP contribution in [-0.2, 0) is 0 Å². The highest BCUT2D eigenvalue weighted by molar-refractivity contribution is 6.42. The molecule has 0 spiro atoms. The van der Waals surface area contributed by atoms with E-state index in [-0.39, 0.29) is 17.3 Å². The number of rotatable bonds is 13. The normalized spacial score (nSPS) is 10.8. The smallest absolute Gasteiger partial charge is 0.296 e. The van der Waals surface area contributed by atoms with E-state index >= 15 is 0 Å². The molecule has 2 heterocycles. The van der Waals surface area contributed by atoms with Gasteiger partial charge in [-0.2, -0.15) is 0 Å². The van der Waals surface area contributed by atoms with Crippen LogP contribution in [0.15, 0.2) is 97.3 Å². The number of nitro groups is 1. The van der Waals surface area contributed by atoms with Gasteiger partial charge in [-0.3, -0.25) is 10.1 Å². The first-order valence-electron chi connectivity index (χ1n) is 19.4. The van der Waals surface area contributed by atoms with Crippen molar-refractivity contribution in [2.24, 2.45) is 0 Å². The van der Waals surface area contributed by atoms with Crippen LogP contribution in [0.4, 0.5) is 34.6 Å². The number of fused-ring (bicyclic) bond motifs is 2. The predicted molar refractivity (Wildman–Crippen MR) is 260 cm³/mol. The second kappa shape index (κ2) is 20.3. The van der Waals surface area contributed by atoms with E-state index in [9.17, 15) is 10.1 Å². The van der Waals surface area contributed by atoms with E-state index in [1.807, 2.05) is 36.4 Å². The van der Waals surface area contributed by atoms with E-state index in [2.05, 4.69) is 30.6 Å². The Morgan fingerprint density at radius 2 is 0.924 bits per heavy atom. The molecule has 4 N–H and O–H groups in total. The van der Waals surface area contributed by atoms with Crippen LogP contribution in [0, 0.1) is 10.1 Å². The Kier molecular flexibility index (Phi) is 14.4. The highest BCUT2D eigenvalue weighted by Crippen LogP contribution is 2.48. The number of nitro benzene ring substituents is 1. The molecule has 6 aromatic carbocycles. The summed E-state index contributed by atoms with van der Waals surface area (Å²) in [5.41, 5.74) is 11.2. The summed E-state index contributed by atoms with van der Waals surface area (Å²) in [6.45, 7) is 0. The van der Waals surface area contributed by atoms with Gasteiger partial charge in [0.2, 0.25) is 11.9 Å². The van der Waals surface area contributed by atoms with Gasteiger partial charge >= 0.3 is 0 Å². The first-order chi connectivity index (χ1) is 31.8. The van der Waals surface area contributed by atoms with Gasteiger partial charge in [0.15, 0.2) is 5.69 Å². The first kappa shape index (κ1) is 46.7. The molecular weight excluding hydrogens is 934 g/mol. The van der Waals surface area contributed by atoms with Crippen molar-refractivity contribution in [2.45, 2.75) is 0 Å². The van der Waals surface area contributed by atoms with Gasteiger partial charge in [-0.15, -0.1) is 0 Å². The minimum atomic E-state index is -0.506. The summed E-state index contributed by atoms with van der Waals surface area (Å²) in [6.07, 6.45) is 3.30. The van der Waals surface area contributed by atoms with Crippen molar-refractivity contribution in [1.29, 1.82) is 0 Å². The Morgan fingerprint density at radius 3 is 1.33 bits per heavy atom. The molecule has 0 saturated heterocycles. The molecule has 0 atom stereocenters. The van der Waals surface area contributed by atoms with Crippen LogP contribution in [0.5, 0.6) is 34.5 Å². The highest BCUT2D eigenvalue weighted by atomic mass is 35.5. The number of aromatic nitrogens is 4. The van der Waals surface area contributed by atoms with Gasteiger partial charge in [0, 0.05) is 52.5 Å². The highest BCUT2D eigenvalue weighted by Gasteiger charge is 2.22. The van der Waals surface area contributed by atoms with Crippen molar-refractivity contribution in [3.63, 3.8) is 0 Å². The van der Waals surface area contributed by atoms with Crippen molar-refractivity contribution in [3.05, 3.63) is 128 Å². The van der Waals surface area contributed by atoms with Gasteiger partial charge in [0.05, 0.1) is 84.4 Å². The molecule has 8 aromatic rings. The van der Waals surface area contributed by atoms with E-state index in [0.29, 0.717) is 99.5 Å². The van der Waals surface area contributed by atoms with E-state index in [4.69, 9.17) is 80.6 Å². The molecule has 0 radical (unpaired) electrons. The van der Waals surface area contributed by atoms with Gasteiger partial charge in [0.25, 0.3) is 5.69 Å². The summed E-state index contributed by atoms with van der Waals surface area (Å²) in [5, 5.41) is 20.4. The molecule has 0 unspecified atom stereocenters. The van der Waals surface area contributed by atoms with Crippen molar-refractivity contribution in [3.8, 4) is 56.8 Å². The molecule has 0 saturated carbocycles. The average molecular weight is 973 g/mol. The molecule has 0 aliphatic rings. The fourth-order valence-corrected chi connectivity index (χ4v) is 8.26. The molecule has 0 bridgehead atoms. The minimum absolute atomic E-state index is 0.158. The van der Waals surface area contributed by atoms with E-state index in [0.717, 1.165) is 16.5 Å². The molecular formula is C46H38Cl4N8O8. The van der Waals surface area contributed by atoms with E-state index < -0.39 is 4.92 Å². The lowest BCUT2D eigenvalue weighted by molar-refractivity contribution is -0.384. The van der Waals surface area contributed by atoms with E-state index in [1.54, 1.807) is 55.9 Å². The van der Waals surface area contributed by atoms with Gasteiger partial charge in [0.1, 0.15) is 40.2 Å². The van der Waals surface area contributed by atoms with Gasteiger partial charge < -0.3 is 44.8 Å². The molecule has 0 aliphatic carbocycles. The van der Waals surface area contributed by atoms with Crippen molar-refractivity contribution < 1.29 is 33.3 Å². The summed E-state index contributed by atoms with van der Waals surface area (Å²) in [7, 11) is 9.09. The second-order valence-electron chi connectivity index (χ2n) is 13.8. The van der Waals surface area contributed by atoms with Crippen LogP contribution in [-0.4, -0.2) is 67.5 Å². The van der Waals surface area contributed by atoms with Crippen molar-refractivity contribution in [1.82, 2.24) is 19.9 Å². The Hall–Kier alpha value is -7.24. The molecule has 2 aromatic heterocycles. The number of benzene rings is 6. The largest absolute Gasteiger partial charge is 0.495 e. The lowest BCUT2D eigenvalue weighted by Gasteiger charge is -2.15. The Labute approximate surface area is 397 Å². The quantitative estimate of drug-likeness (QED) is 0.0559. The zero-order valence-electron chi connectivity index (χ0n) is 35.8. The van der Waals surface area contributed by atoms with Crippen LogP contribution in [0.3, 0.4) is 0 Å². The molecule has 8 rings (SSSR count). The summed E-state index contributed by atoms with van der Waals surface area (Å²) in [4.78, 5) is 28.7. The molecule has 338 valence electrons. The topological polar surface area (TPSA) is 200 Å². The van der Waals surface area contributed by atoms with Crippen LogP contribution >= 0.6 is 46.4 Å². The van der Waals surface area contributed by atoms with Gasteiger partial charge in [-0.1, -0.05) is 70.7 Å². The number of hydrogen-bond donors (Lipinski definition) is 3. The lowest BCUT2D eigenvalue weighted by atomic mass is 10.0. The number of nitrogens with zero attached hydrogens (tertiary/aromatic N) is 5. The van der Waals surface area contributed by atoms with Crippen LogP contribution in [0.2, 0.25) is 20.1 Å². The number of ether oxygens (including phenoxy) is 6. The number of methoxy groups -OCH3 is 6. The first-order valence-corrected chi connectivity index (χ1v) is 20.9. The number of hydrogen-bond acceptors (Lipinski definition) is 15. The summed E-state index contributed by atoms with van der Waals surface area (Å²) in [6, 6.07) is 24.2. The summed E-state index contributed by atoms with van der Waals surface area (Å²) in [5.74, 6) is 3.23. The minimum Gasteiger partial charge on any atom is -0.495 e. The molecule has 66 heavy (non-hydrogen) atoms. The number of nitrogen functional groups attached to an aromatic ring is 1. The fourth-order valence-electron chi connectivity index (χ4n) is 6.82. The molecule has 0 aliphatic heterocycles. The van der Waals surface area contributed by atoms with Crippen molar-refractivity contribution >= 4 is 103 Å². The SMILES string of the molecule is COc1cc(OC)c(Cl)c(-c2ccc3nc(Nc4c(N)cccc4OC)ncc3c2)c1Cl.COc1cc(OC)c(Cl)c(-c2ccc3nc(Nc4c(OC)cccc4[N+](=O)[O-])ncc3c2)c1Cl. The Balaban J connectivity index is 0.000000197. The molecule has 20 heteroatoms. The standard InChI is InChI=1S/C23H18Cl2N4O5.C23H20Cl2N4O3/c1-32-16-6-4-5-15(29(30)31)22(16)28-23-26-11-13-9-12(7-8-14(13)27-23)19-20(24)17(33-2)10-18(34-3)21(19)25;1-30-16-6-4-5-14(26)22(16)29-23-27-11-13-9-12(7-8-15(13)28-23)19-20(24)17(31-2)10-18(32-3)21(19)25/h4-11H,1-3H3,(H,26,27,28);4-11H,26H2,1-3H3,(H,27,28,29). The number of nitrogens with two attached hydrogens (primary N) is 1. The second-order valence-corrected chi connectivity index (χ2v) is 15.3. The van der Waals surface area contributed by atoms with E-state index in [1.165, 1.54) is 47.7 Å². The third kappa shape index (κ3) is 9.44. The Morgan fingerprint density at radius 1 is 0.530 bits per heavy atom. The third-order valence-electron chi connectivity index (χ3n) is 10.1. The maximum Gasteiger partial charge on any atom is 0.296 e.